The zero-order valence-corrected chi connectivity index (χ0v) is 11.6. The fourth-order valence-electron chi connectivity index (χ4n) is 1.36. The van der Waals surface area contributed by atoms with E-state index in [1.54, 1.807) is 49.4 Å². The van der Waals surface area contributed by atoms with Gasteiger partial charge in [0.15, 0.2) is 6.10 Å². The van der Waals surface area contributed by atoms with Gasteiger partial charge in [-0.05, 0) is 38.1 Å². The Morgan fingerprint density at radius 2 is 1.84 bits per heavy atom. The number of allylic oxidation sites excluding steroid dienone is 3. The Bertz CT molecular complexity index is 501. The summed E-state index contributed by atoms with van der Waals surface area (Å²) in [5, 5.41) is 0.551. The standard InChI is InChI=1S/C15H15ClO3/c1-3-4-5-6-14(17)19-11(2)15(18)12-7-9-13(16)10-8-12/h3-11H,1-2H3/b4-3+,6-5+/t11-/m0/s1. The summed E-state index contributed by atoms with van der Waals surface area (Å²) in [6.45, 7) is 3.38. The minimum absolute atomic E-state index is 0.260. The van der Waals surface area contributed by atoms with Crippen molar-refractivity contribution in [3.8, 4) is 0 Å². The van der Waals surface area contributed by atoms with E-state index in [-0.39, 0.29) is 5.78 Å². The molecule has 0 aliphatic carbocycles. The molecule has 1 rings (SSSR count). The molecule has 3 nitrogen and oxygen atoms in total. The van der Waals surface area contributed by atoms with Gasteiger partial charge in [0.2, 0.25) is 5.78 Å². The monoisotopic (exact) mass is 278 g/mol. The van der Waals surface area contributed by atoms with E-state index in [0.29, 0.717) is 10.6 Å². The first-order valence-electron chi connectivity index (χ1n) is 5.84. The van der Waals surface area contributed by atoms with Crippen LogP contribution in [0.5, 0.6) is 0 Å². The maximum Gasteiger partial charge on any atom is 0.331 e. The summed E-state index contributed by atoms with van der Waals surface area (Å²) in [6, 6.07) is 6.44. The van der Waals surface area contributed by atoms with Crippen LogP contribution in [-0.4, -0.2) is 17.9 Å². The van der Waals surface area contributed by atoms with Gasteiger partial charge in [0.05, 0.1) is 0 Å². The minimum atomic E-state index is -0.830. The smallest absolute Gasteiger partial charge is 0.331 e. The van der Waals surface area contributed by atoms with Gasteiger partial charge in [-0.1, -0.05) is 29.8 Å². The van der Waals surface area contributed by atoms with Crippen LogP contribution >= 0.6 is 11.6 Å². The summed E-state index contributed by atoms with van der Waals surface area (Å²) in [5.74, 6) is -0.808. The average Bonchev–Trinajstić information content (AvgIpc) is 2.39. The normalized spacial score (nSPS) is 12.8. The van der Waals surface area contributed by atoms with Gasteiger partial charge in [0.25, 0.3) is 0 Å². The molecule has 1 aromatic carbocycles. The van der Waals surface area contributed by atoms with Gasteiger partial charge in [-0.3, -0.25) is 4.79 Å². The third-order valence-corrected chi connectivity index (χ3v) is 2.58. The van der Waals surface area contributed by atoms with Crippen LogP contribution in [0.25, 0.3) is 0 Å². The van der Waals surface area contributed by atoms with E-state index in [4.69, 9.17) is 16.3 Å². The second-order valence-corrected chi connectivity index (χ2v) is 4.27. The van der Waals surface area contributed by atoms with Crippen LogP contribution in [0.15, 0.2) is 48.6 Å². The molecule has 0 saturated carbocycles. The Labute approximate surface area is 117 Å². The molecule has 0 aliphatic heterocycles. The molecule has 0 amide bonds. The van der Waals surface area contributed by atoms with Crippen LogP contribution in [0, 0.1) is 0 Å². The number of carbonyl (C=O) groups excluding carboxylic acids is 2. The molecule has 100 valence electrons. The fourth-order valence-corrected chi connectivity index (χ4v) is 1.49. The van der Waals surface area contributed by atoms with Gasteiger partial charge >= 0.3 is 5.97 Å². The highest BCUT2D eigenvalue weighted by molar-refractivity contribution is 6.30. The number of ketones is 1. The molecule has 0 aliphatic rings. The van der Waals surface area contributed by atoms with Gasteiger partial charge in [-0.25, -0.2) is 4.79 Å². The predicted molar refractivity (Wildman–Crippen MR) is 75.3 cm³/mol. The first-order valence-corrected chi connectivity index (χ1v) is 6.22. The van der Waals surface area contributed by atoms with E-state index in [1.807, 2.05) is 6.92 Å². The Morgan fingerprint density at radius 1 is 1.21 bits per heavy atom. The quantitative estimate of drug-likeness (QED) is 0.358. The second-order valence-electron chi connectivity index (χ2n) is 3.84. The second kappa shape index (κ2) is 7.54. The highest BCUT2D eigenvalue weighted by atomic mass is 35.5. The third kappa shape index (κ3) is 5.10. The molecule has 0 fully saturated rings. The van der Waals surface area contributed by atoms with E-state index < -0.39 is 12.1 Å². The highest BCUT2D eigenvalue weighted by Crippen LogP contribution is 2.12. The van der Waals surface area contributed by atoms with E-state index in [1.165, 1.54) is 6.08 Å². The van der Waals surface area contributed by atoms with Gasteiger partial charge in [0, 0.05) is 16.7 Å². The van der Waals surface area contributed by atoms with Crippen molar-refractivity contribution in [2.45, 2.75) is 20.0 Å². The van der Waals surface area contributed by atoms with Crippen molar-refractivity contribution in [2.24, 2.45) is 0 Å². The highest BCUT2D eigenvalue weighted by Gasteiger charge is 2.18. The van der Waals surface area contributed by atoms with Gasteiger partial charge < -0.3 is 4.74 Å². The molecule has 0 N–H and O–H groups in total. The number of carbonyl (C=O) groups is 2. The fraction of sp³-hybridized carbons (Fsp3) is 0.200. The summed E-state index contributed by atoms with van der Waals surface area (Å²) in [6.07, 6.45) is 5.48. The largest absolute Gasteiger partial charge is 0.451 e. The first-order chi connectivity index (χ1) is 9.04. The molecule has 0 unspecified atom stereocenters. The van der Waals surface area contributed by atoms with Crippen molar-refractivity contribution in [1.82, 2.24) is 0 Å². The molecule has 0 bridgehead atoms. The van der Waals surface area contributed by atoms with Crippen molar-refractivity contribution in [3.05, 3.63) is 59.2 Å². The van der Waals surface area contributed by atoms with Crippen LogP contribution < -0.4 is 0 Å². The van der Waals surface area contributed by atoms with E-state index >= 15 is 0 Å². The van der Waals surface area contributed by atoms with Crippen molar-refractivity contribution in [3.63, 3.8) is 0 Å². The van der Waals surface area contributed by atoms with E-state index in [9.17, 15) is 9.59 Å². The number of esters is 1. The van der Waals surface area contributed by atoms with Crippen LogP contribution in [0.4, 0.5) is 0 Å². The van der Waals surface area contributed by atoms with Crippen LogP contribution in [0.2, 0.25) is 5.02 Å². The Kier molecular flexibility index (Phi) is 6.03. The van der Waals surface area contributed by atoms with Crippen molar-refractivity contribution < 1.29 is 14.3 Å². The number of ether oxygens (including phenoxy) is 1. The first kappa shape index (κ1) is 15.2. The molecule has 0 radical (unpaired) electrons. The molecular weight excluding hydrogens is 264 g/mol. The lowest BCUT2D eigenvalue weighted by Crippen LogP contribution is -2.23. The molecular formula is C15H15ClO3. The zero-order chi connectivity index (χ0) is 14.3. The molecule has 1 atom stereocenters. The van der Waals surface area contributed by atoms with Crippen LogP contribution in [0.1, 0.15) is 24.2 Å². The van der Waals surface area contributed by atoms with Gasteiger partial charge in [-0.2, -0.15) is 0 Å². The predicted octanol–water partition coefficient (Wildman–Crippen LogP) is 3.59. The number of rotatable bonds is 5. The Morgan fingerprint density at radius 3 is 2.42 bits per heavy atom. The third-order valence-electron chi connectivity index (χ3n) is 2.33. The molecule has 0 spiro atoms. The van der Waals surface area contributed by atoms with Crippen molar-refractivity contribution in [1.29, 1.82) is 0 Å². The number of halogens is 1. The number of hydrogen-bond acceptors (Lipinski definition) is 3. The van der Waals surface area contributed by atoms with Gasteiger partial charge in [0.1, 0.15) is 0 Å². The summed E-state index contributed by atoms with van der Waals surface area (Å²) in [7, 11) is 0. The molecule has 0 saturated heterocycles. The minimum Gasteiger partial charge on any atom is -0.451 e. The summed E-state index contributed by atoms with van der Waals surface area (Å²) >= 11 is 5.74. The van der Waals surface area contributed by atoms with Gasteiger partial charge in [-0.15, -0.1) is 0 Å². The van der Waals surface area contributed by atoms with Crippen molar-refractivity contribution >= 4 is 23.4 Å². The van der Waals surface area contributed by atoms with Crippen LogP contribution in [-0.2, 0) is 9.53 Å². The lowest BCUT2D eigenvalue weighted by Gasteiger charge is -2.10. The Hall–Kier alpha value is -1.87. The molecule has 1 aromatic rings. The van der Waals surface area contributed by atoms with E-state index in [0.717, 1.165) is 0 Å². The number of Topliss-reactive ketones (excluding diaryl/α,β-unsaturated/α-hetero) is 1. The summed E-state index contributed by atoms with van der Waals surface area (Å²) in [4.78, 5) is 23.4. The molecule has 0 heterocycles. The lowest BCUT2D eigenvalue weighted by molar-refractivity contribution is -0.140. The van der Waals surface area contributed by atoms with Crippen molar-refractivity contribution in [2.75, 3.05) is 0 Å². The number of benzene rings is 1. The summed E-state index contributed by atoms with van der Waals surface area (Å²) in [5.41, 5.74) is 0.460. The molecule has 4 heteroatoms. The maximum atomic E-state index is 12.0. The molecule has 19 heavy (non-hydrogen) atoms. The van der Waals surface area contributed by atoms with E-state index in [2.05, 4.69) is 0 Å². The number of hydrogen-bond donors (Lipinski definition) is 0. The maximum absolute atomic E-state index is 12.0. The Balaban J connectivity index is 2.62. The van der Waals surface area contributed by atoms with Crippen LogP contribution in [0.3, 0.4) is 0 Å². The zero-order valence-electron chi connectivity index (χ0n) is 10.8. The summed E-state index contributed by atoms with van der Waals surface area (Å²) < 4.78 is 5.00. The topological polar surface area (TPSA) is 43.4 Å². The SMILES string of the molecule is C/C=C/C=C/C(=O)O[C@@H](C)C(=O)c1ccc(Cl)cc1. The molecule has 0 aromatic heterocycles. The lowest BCUT2D eigenvalue weighted by atomic mass is 10.1. The average molecular weight is 279 g/mol.